The first-order valence-corrected chi connectivity index (χ1v) is 4.15. The van der Waals surface area contributed by atoms with Gasteiger partial charge in [0.15, 0.2) is 11.4 Å². The fourth-order valence-corrected chi connectivity index (χ4v) is 1.25. The first kappa shape index (κ1) is 8.68. The summed E-state index contributed by atoms with van der Waals surface area (Å²) in [6.07, 6.45) is 0. The lowest BCUT2D eigenvalue weighted by molar-refractivity contribution is 0.101. The van der Waals surface area contributed by atoms with Crippen LogP contribution in [0.25, 0.3) is 5.65 Å². The van der Waals surface area contributed by atoms with Crippen LogP contribution < -0.4 is 0 Å². The molecule has 2 heterocycles. The topological polar surface area (TPSA) is 67.5 Å². The van der Waals surface area contributed by atoms with Gasteiger partial charge in [-0.1, -0.05) is 0 Å². The third-order valence-electron chi connectivity index (χ3n) is 1.89. The Morgan fingerprint density at radius 3 is 2.86 bits per heavy atom. The Kier molecular flexibility index (Phi) is 1.73. The van der Waals surface area contributed by atoms with Crippen LogP contribution in [0.15, 0.2) is 12.1 Å². The highest BCUT2D eigenvalue weighted by molar-refractivity contribution is 5.92. The highest BCUT2D eigenvalue weighted by atomic mass is 16.3. The van der Waals surface area contributed by atoms with E-state index in [4.69, 9.17) is 0 Å². The second-order valence-electron chi connectivity index (χ2n) is 3.11. The molecule has 2 aromatic heterocycles. The molecule has 5 heteroatoms. The Morgan fingerprint density at radius 2 is 2.21 bits per heavy atom. The molecule has 0 fully saturated rings. The van der Waals surface area contributed by atoms with E-state index in [1.165, 1.54) is 17.5 Å². The summed E-state index contributed by atoms with van der Waals surface area (Å²) < 4.78 is 1.29. The number of rotatable bonds is 1. The van der Waals surface area contributed by atoms with E-state index in [0.717, 1.165) is 5.69 Å². The normalized spacial score (nSPS) is 10.7. The van der Waals surface area contributed by atoms with Gasteiger partial charge >= 0.3 is 0 Å². The molecule has 0 spiro atoms. The van der Waals surface area contributed by atoms with Crippen LogP contribution in [0, 0.1) is 6.92 Å². The van der Waals surface area contributed by atoms with E-state index in [1.54, 1.807) is 13.0 Å². The molecule has 5 nitrogen and oxygen atoms in total. The summed E-state index contributed by atoms with van der Waals surface area (Å²) in [4.78, 5) is 15.1. The molecule has 72 valence electrons. The predicted molar refractivity (Wildman–Crippen MR) is 49.4 cm³/mol. The van der Waals surface area contributed by atoms with E-state index in [9.17, 15) is 9.90 Å². The zero-order valence-electron chi connectivity index (χ0n) is 7.85. The Labute approximate surface area is 80.0 Å². The van der Waals surface area contributed by atoms with Crippen LogP contribution in [0.4, 0.5) is 0 Å². The van der Waals surface area contributed by atoms with Crippen molar-refractivity contribution in [1.29, 1.82) is 0 Å². The Hall–Kier alpha value is -1.91. The Balaban J connectivity index is 2.77. The van der Waals surface area contributed by atoms with Gasteiger partial charge in [-0.2, -0.15) is 9.61 Å². The molecule has 0 radical (unpaired) electrons. The van der Waals surface area contributed by atoms with Gasteiger partial charge in [0, 0.05) is 19.1 Å². The van der Waals surface area contributed by atoms with Crippen molar-refractivity contribution in [3.05, 3.63) is 23.5 Å². The second-order valence-corrected chi connectivity index (χ2v) is 3.11. The van der Waals surface area contributed by atoms with Crippen molar-refractivity contribution in [2.24, 2.45) is 0 Å². The third-order valence-corrected chi connectivity index (χ3v) is 1.89. The Morgan fingerprint density at radius 1 is 1.50 bits per heavy atom. The molecule has 0 saturated heterocycles. The number of hydrogen-bond acceptors (Lipinski definition) is 4. The molecular weight excluding hydrogens is 182 g/mol. The zero-order valence-corrected chi connectivity index (χ0v) is 7.85. The monoisotopic (exact) mass is 191 g/mol. The number of aromatic hydroxyl groups is 1. The summed E-state index contributed by atoms with van der Waals surface area (Å²) in [6.45, 7) is 3.20. The van der Waals surface area contributed by atoms with Gasteiger partial charge in [0.1, 0.15) is 5.69 Å². The van der Waals surface area contributed by atoms with Crippen molar-refractivity contribution in [2.45, 2.75) is 13.8 Å². The molecule has 0 unspecified atom stereocenters. The molecule has 0 aliphatic carbocycles. The highest BCUT2D eigenvalue weighted by Crippen LogP contribution is 2.14. The van der Waals surface area contributed by atoms with Gasteiger partial charge in [0.25, 0.3) is 0 Å². The number of ketones is 1. The molecule has 1 N–H and O–H groups in total. The van der Waals surface area contributed by atoms with Gasteiger partial charge in [-0.3, -0.25) is 4.79 Å². The van der Waals surface area contributed by atoms with Gasteiger partial charge in [-0.05, 0) is 6.92 Å². The molecular formula is C9H9N3O2. The van der Waals surface area contributed by atoms with Gasteiger partial charge < -0.3 is 5.11 Å². The molecule has 0 amide bonds. The quantitative estimate of drug-likeness (QED) is 0.681. The molecule has 2 aromatic rings. The largest absolute Gasteiger partial charge is 0.493 e. The third kappa shape index (κ3) is 1.22. The minimum atomic E-state index is -0.179. The van der Waals surface area contributed by atoms with Crippen LogP contribution in [0.3, 0.4) is 0 Å². The van der Waals surface area contributed by atoms with Gasteiger partial charge in [-0.25, -0.2) is 4.98 Å². The van der Waals surface area contributed by atoms with Crippen molar-refractivity contribution in [3.8, 4) is 5.88 Å². The molecule has 0 saturated carbocycles. The smallest absolute Gasteiger partial charge is 0.216 e. The van der Waals surface area contributed by atoms with Gasteiger partial charge in [0.05, 0.1) is 5.69 Å². The van der Waals surface area contributed by atoms with Crippen molar-refractivity contribution < 1.29 is 9.90 Å². The van der Waals surface area contributed by atoms with E-state index in [0.29, 0.717) is 5.65 Å². The number of carbonyl (C=O) groups is 1. The van der Waals surface area contributed by atoms with Gasteiger partial charge in [0.2, 0.25) is 5.88 Å². The number of Topliss-reactive ketones (excluding diaryl/α,β-unsaturated/α-hetero) is 1. The lowest BCUT2D eigenvalue weighted by Gasteiger charge is -1.99. The summed E-state index contributed by atoms with van der Waals surface area (Å²) in [5.41, 5.74) is 1.47. The van der Waals surface area contributed by atoms with Crippen LogP contribution in [0.5, 0.6) is 5.88 Å². The predicted octanol–water partition coefficient (Wildman–Crippen LogP) is 0.946. The summed E-state index contributed by atoms with van der Waals surface area (Å²) in [5, 5.41) is 13.5. The second kappa shape index (κ2) is 2.80. The lowest BCUT2D eigenvalue weighted by atomic mass is 10.3. The summed E-state index contributed by atoms with van der Waals surface area (Å²) in [7, 11) is 0. The van der Waals surface area contributed by atoms with Crippen LogP contribution in [-0.4, -0.2) is 25.5 Å². The van der Waals surface area contributed by atoms with Crippen molar-refractivity contribution >= 4 is 11.4 Å². The zero-order chi connectivity index (χ0) is 10.3. The lowest BCUT2D eigenvalue weighted by Crippen LogP contribution is -2.00. The number of aryl methyl sites for hydroxylation is 1. The molecule has 0 aliphatic rings. The van der Waals surface area contributed by atoms with E-state index >= 15 is 0 Å². The minimum Gasteiger partial charge on any atom is -0.493 e. The average molecular weight is 191 g/mol. The summed E-state index contributed by atoms with van der Waals surface area (Å²) >= 11 is 0. The molecule has 0 aliphatic heterocycles. The number of carbonyl (C=O) groups excluding carboxylic acids is 1. The number of nitrogens with zero attached hydrogens (tertiary/aromatic N) is 3. The fraction of sp³-hybridized carbons (Fsp3) is 0.222. The standard InChI is InChI=1S/C9H9N3O2/c1-5-3-8-10-7(6(2)13)4-9(14)12(8)11-5/h3-4,14H,1-2H3. The van der Waals surface area contributed by atoms with Gasteiger partial charge in [-0.15, -0.1) is 0 Å². The van der Waals surface area contributed by atoms with E-state index < -0.39 is 0 Å². The number of aromatic nitrogens is 3. The average Bonchev–Trinajstić information content (AvgIpc) is 2.45. The summed E-state index contributed by atoms with van der Waals surface area (Å²) in [6, 6.07) is 3.01. The molecule has 0 atom stereocenters. The van der Waals surface area contributed by atoms with Crippen molar-refractivity contribution in [1.82, 2.24) is 14.6 Å². The summed E-state index contributed by atoms with van der Waals surface area (Å²) in [5.74, 6) is -0.255. The first-order chi connectivity index (χ1) is 6.58. The van der Waals surface area contributed by atoms with Crippen LogP contribution in [0.2, 0.25) is 0 Å². The first-order valence-electron chi connectivity index (χ1n) is 4.15. The highest BCUT2D eigenvalue weighted by Gasteiger charge is 2.09. The SMILES string of the molecule is CC(=O)c1cc(O)n2nc(C)cc2n1. The minimum absolute atomic E-state index is 0.0756. The fourth-order valence-electron chi connectivity index (χ4n) is 1.25. The van der Waals surface area contributed by atoms with Crippen LogP contribution in [-0.2, 0) is 0 Å². The molecule has 2 rings (SSSR count). The van der Waals surface area contributed by atoms with E-state index in [2.05, 4.69) is 10.1 Å². The maximum Gasteiger partial charge on any atom is 0.216 e. The molecule has 0 bridgehead atoms. The maximum atomic E-state index is 11.0. The van der Waals surface area contributed by atoms with Crippen molar-refractivity contribution in [2.75, 3.05) is 0 Å². The van der Waals surface area contributed by atoms with Crippen LogP contribution >= 0.6 is 0 Å². The maximum absolute atomic E-state index is 11.0. The Bertz CT molecular complexity index is 516. The van der Waals surface area contributed by atoms with E-state index in [1.807, 2.05) is 0 Å². The molecule has 0 aromatic carbocycles. The van der Waals surface area contributed by atoms with E-state index in [-0.39, 0.29) is 17.4 Å². The van der Waals surface area contributed by atoms with Crippen LogP contribution in [0.1, 0.15) is 23.1 Å². The molecule has 14 heavy (non-hydrogen) atoms. The number of fused-ring (bicyclic) bond motifs is 1. The number of hydrogen-bond donors (Lipinski definition) is 1. The van der Waals surface area contributed by atoms with Crippen molar-refractivity contribution in [3.63, 3.8) is 0 Å².